The van der Waals surface area contributed by atoms with Gasteiger partial charge in [-0.1, -0.05) is 18.5 Å². The third-order valence-corrected chi connectivity index (χ3v) is 5.86. The summed E-state index contributed by atoms with van der Waals surface area (Å²) in [5.74, 6) is 0.454. The first-order valence-corrected chi connectivity index (χ1v) is 10.1. The second-order valence-electron chi connectivity index (χ2n) is 7.58. The molecular formula is C21H20ClFN8OS2. The van der Waals surface area contributed by atoms with Crippen LogP contribution in [0.25, 0.3) is 11.2 Å². The van der Waals surface area contributed by atoms with Crippen LogP contribution >= 0.6 is 38.6 Å². The number of benzene rings is 1. The van der Waals surface area contributed by atoms with E-state index in [0.717, 1.165) is 0 Å². The fraction of sp³-hybridized carbons (Fsp3) is 0.190. The van der Waals surface area contributed by atoms with Gasteiger partial charge in [0.2, 0.25) is 5.95 Å². The Balaban J connectivity index is 0.00000162. The Morgan fingerprint density at radius 2 is 1.94 bits per heavy atom. The average molecular weight is 519 g/mol. The van der Waals surface area contributed by atoms with Gasteiger partial charge in [-0.3, -0.25) is 9.36 Å². The minimum absolute atomic E-state index is 0. The lowest BCUT2D eigenvalue weighted by molar-refractivity contribution is 0.300. The molecule has 34 heavy (non-hydrogen) atoms. The molecule has 0 spiro atoms. The van der Waals surface area contributed by atoms with Crippen molar-refractivity contribution in [1.82, 2.24) is 24.1 Å². The van der Waals surface area contributed by atoms with Crippen LogP contribution in [-0.4, -0.2) is 30.7 Å². The number of hydrogen-bond donors (Lipinski definition) is 1. The first-order valence-electron chi connectivity index (χ1n) is 9.74. The quantitative estimate of drug-likeness (QED) is 0.443. The van der Waals surface area contributed by atoms with Crippen molar-refractivity contribution in [2.75, 3.05) is 17.2 Å². The SMILES string of the molecule is C[C@H]1CN(c2nc(N)ncc2C#N)C1c1nn2ccc(Cl)c2c(=O)n1-c1ccc(F)cc1.S.S. The summed E-state index contributed by atoms with van der Waals surface area (Å²) in [5.41, 5.74) is 6.30. The summed E-state index contributed by atoms with van der Waals surface area (Å²) < 4.78 is 16.4. The molecule has 2 N–H and O–H groups in total. The highest BCUT2D eigenvalue weighted by Gasteiger charge is 2.42. The number of nitrogens with zero attached hydrogens (tertiary/aromatic N) is 7. The second kappa shape index (κ2) is 9.54. The first-order chi connectivity index (χ1) is 15.4. The van der Waals surface area contributed by atoms with Gasteiger partial charge in [-0.15, -0.1) is 0 Å². The number of nitriles is 1. The highest BCUT2D eigenvalue weighted by atomic mass is 35.5. The largest absolute Gasteiger partial charge is 0.368 e. The van der Waals surface area contributed by atoms with Gasteiger partial charge in [-0.2, -0.15) is 42.3 Å². The van der Waals surface area contributed by atoms with Gasteiger partial charge in [-0.25, -0.2) is 13.9 Å². The van der Waals surface area contributed by atoms with Crippen molar-refractivity contribution in [2.45, 2.75) is 13.0 Å². The third-order valence-electron chi connectivity index (χ3n) is 5.55. The number of anilines is 2. The summed E-state index contributed by atoms with van der Waals surface area (Å²) in [6.07, 6.45) is 2.97. The molecule has 5 rings (SSSR count). The van der Waals surface area contributed by atoms with Crippen molar-refractivity contribution in [3.05, 3.63) is 75.3 Å². The molecule has 1 unspecified atom stereocenters. The van der Waals surface area contributed by atoms with Crippen LogP contribution in [0.4, 0.5) is 16.2 Å². The Morgan fingerprint density at radius 3 is 2.59 bits per heavy atom. The van der Waals surface area contributed by atoms with Crippen molar-refractivity contribution < 1.29 is 4.39 Å². The van der Waals surface area contributed by atoms with E-state index in [2.05, 4.69) is 21.1 Å². The summed E-state index contributed by atoms with van der Waals surface area (Å²) in [5, 5.41) is 14.5. The lowest BCUT2D eigenvalue weighted by Crippen LogP contribution is -2.51. The molecule has 0 amide bonds. The van der Waals surface area contributed by atoms with Crippen molar-refractivity contribution in [1.29, 1.82) is 5.26 Å². The van der Waals surface area contributed by atoms with E-state index in [0.29, 0.717) is 23.9 Å². The number of nitrogens with two attached hydrogens (primary N) is 1. The standard InChI is InChI=1S/C21H16ClFN8O.2H2S/c1-11-10-29(18-12(8-24)9-26-21(25)27-18)16(11)19-28-30-7-6-15(22)17(30)20(32)31(19)14-4-2-13(23)3-5-14;;/h2-7,9,11,16H,10H2,1H3,(H2,25,26,27);2*1H2/t11-,16?;;/m0../s1. The molecule has 1 saturated heterocycles. The van der Waals surface area contributed by atoms with Gasteiger partial charge in [-0.05, 0) is 30.3 Å². The zero-order valence-electron chi connectivity index (χ0n) is 17.8. The second-order valence-corrected chi connectivity index (χ2v) is 7.99. The number of aromatic nitrogens is 5. The zero-order valence-corrected chi connectivity index (χ0v) is 20.5. The van der Waals surface area contributed by atoms with Crippen LogP contribution in [-0.2, 0) is 0 Å². The fourth-order valence-corrected chi connectivity index (χ4v) is 4.29. The molecule has 4 aromatic rings. The summed E-state index contributed by atoms with van der Waals surface area (Å²) in [4.78, 5) is 23.5. The van der Waals surface area contributed by atoms with Crippen LogP contribution in [0, 0.1) is 23.1 Å². The van der Waals surface area contributed by atoms with Crippen LogP contribution in [0.2, 0.25) is 5.02 Å². The van der Waals surface area contributed by atoms with Gasteiger partial charge >= 0.3 is 0 Å². The Labute approximate surface area is 212 Å². The number of nitrogen functional groups attached to an aromatic ring is 1. The molecular weight excluding hydrogens is 499 g/mol. The topological polar surface area (TPSA) is 118 Å². The Hall–Kier alpha value is -3.27. The first kappa shape index (κ1) is 25.4. The number of hydrogen-bond acceptors (Lipinski definition) is 7. The molecule has 1 aliphatic rings. The summed E-state index contributed by atoms with van der Waals surface area (Å²) in [6, 6.07) is 8.83. The maximum atomic E-state index is 13.6. The van der Waals surface area contributed by atoms with Crippen LogP contribution in [0.3, 0.4) is 0 Å². The Kier molecular flexibility index (Phi) is 7.11. The molecule has 3 aromatic heterocycles. The molecule has 2 atom stereocenters. The minimum atomic E-state index is -0.424. The maximum Gasteiger partial charge on any atom is 0.284 e. The Bertz CT molecular complexity index is 1470. The maximum absolute atomic E-state index is 13.6. The molecule has 9 nitrogen and oxygen atoms in total. The molecule has 0 bridgehead atoms. The average Bonchev–Trinajstić information content (AvgIpc) is 3.14. The van der Waals surface area contributed by atoms with Crippen molar-refractivity contribution in [3.8, 4) is 11.8 Å². The predicted octanol–water partition coefficient (Wildman–Crippen LogP) is 2.94. The summed E-state index contributed by atoms with van der Waals surface area (Å²) in [6.45, 7) is 2.57. The zero-order chi connectivity index (χ0) is 22.6. The molecule has 0 radical (unpaired) electrons. The van der Waals surface area contributed by atoms with Gasteiger partial charge in [0.25, 0.3) is 5.56 Å². The van der Waals surface area contributed by atoms with Crippen molar-refractivity contribution >= 4 is 55.9 Å². The normalized spacial score (nSPS) is 16.8. The van der Waals surface area contributed by atoms with Crippen LogP contribution in [0.1, 0.15) is 24.4 Å². The van der Waals surface area contributed by atoms with Gasteiger partial charge < -0.3 is 10.6 Å². The molecule has 13 heteroatoms. The fourth-order valence-electron chi connectivity index (χ4n) is 4.07. The smallest absolute Gasteiger partial charge is 0.284 e. The molecule has 1 aliphatic heterocycles. The lowest BCUT2D eigenvalue weighted by atomic mass is 9.89. The van der Waals surface area contributed by atoms with Gasteiger partial charge in [0, 0.05) is 18.7 Å². The van der Waals surface area contributed by atoms with E-state index in [1.807, 2.05) is 11.8 Å². The highest BCUT2D eigenvalue weighted by molar-refractivity contribution is 7.59. The molecule has 0 saturated carbocycles. The van der Waals surface area contributed by atoms with Crippen LogP contribution in [0.15, 0.2) is 47.5 Å². The predicted molar refractivity (Wildman–Crippen MR) is 137 cm³/mol. The van der Waals surface area contributed by atoms with E-state index in [4.69, 9.17) is 17.3 Å². The van der Waals surface area contributed by atoms with E-state index in [1.165, 1.54) is 39.5 Å². The third kappa shape index (κ3) is 3.96. The summed E-state index contributed by atoms with van der Waals surface area (Å²) >= 11 is 6.24. The highest BCUT2D eigenvalue weighted by Crippen LogP contribution is 2.42. The molecule has 1 fully saturated rings. The van der Waals surface area contributed by atoms with Crippen LogP contribution < -0.4 is 16.2 Å². The number of fused-ring (bicyclic) bond motifs is 1. The van der Waals surface area contributed by atoms with E-state index in [1.54, 1.807) is 12.3 Å². The van der Waals surface area contributed by atoms with Crippen molar-refractivity contribution in [2.24, 2.45) is 5.92 Å². The minimum Gasteiger partial charge on any atom is -0.368 e. The van der Waals surface area contributed by atoms with E-state index in [9.17, 15) is 14.4 Å². The number of rotatable bonds is 3. The molecule has 1 aromatic carbocycles. The monoisotopic (exact) mass is 518 g/mol. The molecule has 176 valence electrons. The lowest BCUT2D eigenvalue weighted by Gasteiger charge is -2.47. The van der Waals surface area contributed by atoms with Crippen molar-refractivity contribution in [3.63, 3.8) is 0 Å². The van der Waals surface area contributed by atoms with Gasteiger partial charge in [0.05, 0.1) is 22.9 Å². The van der Waals surface area contributed by atoms with Crippen LogP contribution in [0.5, 0.6) is 0 Å². The van der Waals surface area contributed by atoms with E-state index in [-0.39, 0.29) is 55.0 Å². The number of halogens is 2. The van der Waals surface area contributed by atoms with E-state index >= 15 is 0 Å². The summed E-state index contributed by atoms with van der Waals surface area (Å²) in [7, 11) is 0. The molecule has 0 aliphatic carbocycles. The van der Waals surface area contributed by atoms with E-state index < -0.39 is 17.4 Å². The molecule has 4 heterocycles. The van der Waals surface area contributed by atoms with Gasteiger partial charge in [0.1, 0.15) is 23.0 Å². The Morgan fingerprint density at radius 1 is 1.24 bits per heavy atom. The van der Waals surface area contributed by atoms with Gasteiger partial charge in [0.15, 0.2) is 11.6 Å².